The Balaban J connectivity index is 1.44. The molecule has 0 spiro atoms. The molecule has 6 heteroatoms. The summed E-state index contributed by atoms with van der Waals surface area (Å²) in [4.78, 5) is 26.2. The fourth-order valence-corrected chi connectivity index (χ4v) is 3.63. The van der Waals surface area contributed by atoms with Gasteiger partial charge in [-0.3, -0.25) is 4.79 Å². The Labute approximate surface area is 143 Å². The molecular formula is C18H26N4O2. The molecule has 2 heterocycles. The van der Waals surface area contributed by atoms with Crippen molar-refractivity contribution < 1.29 is 9.59 Å². The van der Waals surface area contributed by atoms with Gasteiger partial charge in [0.05, 0.1) is 6.54 Å². The third kappa shape index (κ3) is 4.26. The highest BCUT2D eigenvalue weighted by atomic mass is 16.2. The number of amides is 3. The fraction of sp³-hybridized carbons (Fsp3) is 0.556. The zero-order valence-electron chi connectivity index (χ0n) is 14.2. The molecule has 6 nitrogen and oxygen atoms in total. The topological polar surface area (TPSA) is 73.5 Å². The Hall–Kier alpha value is -2.08. The largest absolute Gasteiger partial charge is 0.341 e. The standard InChI is InChI=1S/C18H26N4O2/c1-13-3-2-4-16(9-13)21-18(24)20-12-17(23)22-7-5-14-10-19-11-15(14)6-8-22/h2-4,9,14-15,19H,5-8,10-12H2,1H3,(H2,20,21,24)/t14-,15+. The Morgan fingerprint density at radius 2 is 1.92 bits per heavy atom. The minimum atomic E-state index is -0.343. The van der Waals surface area contributed by atoms with E-state index in [9.17, 15) is 9.59 Å². The zero-order valence-corrected chi connectivity index (χ0v) is 14.2. The molecule has 0 saturated carbocycles. The van der Waals surface area contributed by atoms with Crippen LogP contribution in [0, 0.1) is 18.8 Å². The number of benzene rings is 1. The summed E-state index contributed by atoms with van der Waals surface area (Å²) in [6.07, 6.45) is 2.11. The van der Waals surface area contributed by atoms with Gasteiger partial charge in [-0.1, -0.05) is 12.1 Å². The predicted octanol–water partition coefficient (Wildman–Crippen LogP) is 1.57. The summed E-state index contributed by atoms with van der Waals surface area (Å²) in [7, 11) is 0. The van der Waals surface area contributed by atoms with Gasteiger partial charge in [0, 0.05) is 18.8 Å². The summed E-state index contributed by atoms with van der Waals surface area (Å²) in [5.41, 5.74) is 1.81. The molecule has 130 valence electrons. The first kappa shape index (κ1) is 16.8. The number of hydrogen-bond acceptors (Lipinski definition) is 3. The first-order chi connectivity index (χ1) is 11.6. The van der Waals surface area contributed by atoms with Crippen molar-refractivity contribution in [3.8, 4) is 0 Å². The molecule has 0 radical (unpaired) electrons. The quantitative estimate of drug-likeness (QED) is 0.788. The molecule has 2 aliphatic heterocycles. The number of nitrogens with one attached hydrogen (secondary N) is 3. The minimum absolute atomic E-state index is 0.00215. The molecule has 3 rings (SSSR count). The van der Waals surface area contributed by atoms with Crippen LogP contribution in [-0.4, -0.2) is 49.6 Å². The van der Waals surface area contributed by atoms with Crippen molar-refractivity contribution in [2.75, 3.05) is 38.0 Å². The van der Waals surface area contributed by atoms with Gasteiger partial charge in [-0.05, 0) is 62.4 Å². The third-order valence-corrected chi connectivity index (χ3v) is 5.05. The molecule has 2 fully saturated rings. The Morgan fingerprint density at radius 3 is 2.58 bits per heavy atom. The number of aryl methyl sites for hydroxylation is 1. The van der Waals surface area contributed by atoms with Crippen LogP contribution in [-0.2, 0) is 4.79 Å². The Morgan fingerprint density at radius 1 is 1.21 bits per heavy atom. The number of anilines is 1. The lowest BCUT2D eigenvalue weighted by molar-refractivity contribution is -0.130. The monoisotopic (exact) mass is 330 g/mol. The van der Waals surface area contributed by atoms with Crippen molar-refractivity contribution >= 4 is 17.6 Å². The van der Waals surface area contributed by atoms with Crippen molar-refractivity contribution in [3.63, 3.8) is 0 Å². The van der Waals surface area contributed by atoms with E-state index in [1.54, 1.807) is 0 Å². The zero-order chi connectivity index (χ0) is 16.9. The number of carbonyl (C=O) groups excluding carboxylic acids is 2. The first-order valence-corrected chi connectivity index (χ1v) is 8.72. The van der Waals surface area contributed by atoms with E-state index in [4.69, 9.17) is 0 Å². The van der Waals surface area contributed by atoms with Crippen LogP contribution in [0.25, 0.3) is 0 Å². The van der Waals surface area contributed by atoms with Gasteiger partial charge < -0.3 is 20.9 Å². The Kier molecular flexibility index (Phi) is 5.35. The van der Waals surface area contributed by atoms with Crippen LogP contribution in [0.2, 0.25) is 0 Å². The van der Waals surface area contributed by atoms with E-state index in [1.807, 2.05) is 36.1 Å². The van der Waals surface area contributed by atoms with Gasteiger partial charge in [-0.2, -0.15) is 0 Å². The average molecular weight is 330 g/mol. The highest BCUT2D eigenvalue weighted by Crippen LogP contribution is 2.26. The second-order valence-electron chi connectivity index (χ2n) is 6.81. The van der Waals surface area contributed by atoms with Gasteiger partial charge in [0.2, 0.25) is 5.91 Å². The lowest BCUT2D eigenvalue weighted by Gasteiger charge is -2.21. The van der Waals surface area contributed by atoms with Crippen molar-refractivity contribution in [2.45, 2.75) is 19.8 Å². The maximum absolute atomic E-state index is 12.3. The lowest BCUT2D eigenvalue weighted by atomic mass is 9.92. The predicted molar refractivity (Wildman–Crippen MR) is 93.9 cm³/mol. The third-order valence-electron chi connectivity index (χ3n) is 5.05. The second kappa shape index (κ2) is 7.66. The van der Waals surface area contributed by atoms with E-state index in [-0.39, 0.29) is 18.5 Å². The smallest absolute Gasteiger partial charge is 0.319 e. The summed E-state index contributed by atoms with van der Waals surface area (Å²) in [6, 6.07) is 7.24. The SMILES string of the molecule is Cc1cccc(NC(=O)NCC(=O)N2CC[C@@H]3CNC[C@@H]3CC2)c1. The van der Waals surface area contributed by atoms with E-state index in [0.29, 0.717) is 11.8 Å². The Bertz CT molecular complexity index is 590. The summed E-state index contributed by atoms with van der Waals surface area (Å²) in [5.74, 6) is 1.39. The molecule has 1 aromatic carbocycles. The molecule has 0 aliphatic carbocycles. The molecule has 3 N–H and O–H groups in total. The van der Waals surface area contributed by atoms with Crippen molar-refractivity contribution in [1.82, 2.24) is 15.5 Å². The number of urea groups is 1. The molecule has 0 unspecified atom stereocenters. The van der Waals surface area contributed by atoms with Crippen molar-refractivity contribution in [3.05, 3.63) is 29.8 Å². The second-order valence-corrected chi connectivity index (χ2v) is 6.81. The van der Waals surface area contributed by atoms with Gasteiger partial charge in [0.1, 0.15) is 0 Å². The molecule has 2 saturated heterocycles. The summed E-state index contributed by atoms with van der Waals surface area (Å²) < 4.78 is 0. The number of carbonyl (C=O) groups is 2. The molecule has 0 aromatic heterocycles. The lowest BCUT2D eigenvalue weighted by Crippen LogP contribution is -2.42. The fourth-order valence-electron chi connectivity index (χ4n) is 3.63. The number of likely N-dealkylation sites (tertiary alicyclic amines) is 1. The number of rotatable bonds is 3. The van der Waals surface area contributed by atoms with Gasteiger partial charge in [-0.25, -0.2) is 4.79 Å². The van der Waals surface area contributed by atoms with Crippen LogP contribution in [0.5, 0.6) is 0 Å². The van der Waals surface area contributed by atoms with Crippen LogP contribution >= 0.6 is 0 Å². The van der Waals surface area contributed by atoms with E-state index in [2.05, 4.69) is 16.0 Å². The van der Waals surface area contributed by atoms with E-state index in [0.717, 1.165) is 50.3 Å². The summed E-state index contributed by atoms with van der Waals surface area (Å²) >= 11 is 0. The molecule has 0 bridgehead atoms. The number of fused-ring (bicyclic) bond motifs is 1. The maximum atomic E-state index is 12.3. The van der Waals surface area contributed by atoms with E-state index < -0.39 is 0 Å². The van der Waals surface area contributed by atoms with Crippen LogP contribution in [0.15, 0.2) is 24.3 Å². The molecule has 3 amide bonds. The van der Waals surface area contributed by atoms with Crippen molar-refractivity contribution in [1.29, 1.82) is 0 Å². The molecule has 2 atom stereocenters. The average Bonchev–Trinajstić information content (AvgIpc) is 2.91. The van der Waals surface area contributed by atoms with Gasteiger partial charge in [0.15, 0.2) is 0 Å². The molecule has 24 heavy (non-hydrogen) atoms. The van der Waals surface area contributed by atoms with Crippen LogP contribution in [0.3, 0.4) is 0 Å². The van der Waals surface area contributed by atoms with Gasteiger partial charge in [0.25, 0.3) is 0 Å². The minimum Gasteiger partial charge on any atom is -0.341 e. The van der Waals surface area contributed by atoms with Crippen LogP contribution in [0.4, 0.5) is 10.5 Å². The van der Waals surface area contributed by atoms with Crippen LogP contribution in [0.1, 0.15) is 18.4 Å². The summed E-state index contributed by atoms with van der Waals surface area (Å²) in [5, 5.41) is 8.86. The molecular weight excluding hydrogens is 304 g/mol. The normalized spacial score (nSPS) is 23.3. The number of nitrogens with zero attached hydrogens (tertiary/aromatic N) is 1. The van der Waals surface area contributed by atoms with Gasteiger partial charge >= 0.3 is 6.03 Å². The number of hydrogen-bond donors (Lipinski definition) is 3. The van der Waals surface area contributed by atoms with E-state index >= 15 is 0 Å². The molecule has 2 aliphatic rings. The van der Waals surface area contributed by atoms with Crippen LogP contribution < -0.4 is 16.0 Å². The van der Waals surface area contributed by atoms with Crippen molar-refractivity contribution in [2.24, 2.45) is 11.8 Å². The maximum Gasteiger partial charge on any atom is 0.319 e. The highest BCUT2D eigenvalue weighted by Gasteiger charge is 2.31. The first-order valence-electron chi connectivity index (χ1n) is 8.72. The van der Waals surface area contributed by atoms with E-state index in [1.165, 1.54) is 0 Å². The molecule has 1 aromatic rings. The summed E-state index contributed by atoms with van der Waals surface area (Å²) in [6.45, 7) is 5.75. The highest BCUT2D eigenvalue weighted by molar-refractivity contribution is 5.92. The van der Waals surface area contributed by atoms with Gasteiger partial charge in [-0.15, -0.1) is 0 Å².